The predicted octanol–water partition coefficient (Wildman–Crippen LogP) is 4.83. The average Bonchev–Trinajstić information content (AvgIpc) is 3.20. The number of carbonyl (C=O) groups excluding carboxylic acids is 1. The summed E-state index contributed by atoms with van der Waals surface area (Å²) in [6.45, 7) is -0.267. The highest BCUT2D eigenvalue weighted by atomic mass is 35.5. The van der Waals surface area contributed by atoms with Crippen molar-refractivity contribution in [2.45, 2.75) is 23.9 Å². The Morgan fingerprint density at radius 3 is 2.58 bits per heavy atom. The fourth-order valence-electron chi connectivity index (χ4n) is 3.75. The van der Waals surface area contributed by atoms with Crippen LogP contribution in [0.4, 0.5) is 22.0 Å². The summed E-state index contributed by atoms with van der Waals surface area (Å²) in [6, 6.07) is 5.40. The number of benzene rings is 1. The van der Waals surface area contributed by atoms with Crippen molar-refractivity contribution < 1.29 is 31.6 Å². The molecule has 2 aliphatic heterocycles. The van der Waals surface area contributed by atoms with E-state index in [1.807, 2.05) is 0 Å². The van der Waals surface area contributed by atoms with E-state index in [1.165, 1.54) is 35.0 Å². The molecule has 33 heavy (non-hydrogen) atoms. The number of nitrogens with zero attached hydrogens (tertiary/aromatic N) is 3. The van der Waals surface area contributed by atoms with Gasteiger partial charge in [-0.1, -0.05) is 22.8 Å². The second kappa shape index (κ2) is 8.43. The maximum absolute atomic E-state index is 15.1. The number of alkyl halides is 4. The maximum atomic E-state index is 15.1. The summed E-state index contributed by atoms with van der Waals surface area (Å²) >= 11 is 7.02. The van der Waals surface area contributed by atoms with Gasteiger partial charge in [-0.25, -0.2) is 8.78 Å². The second-order valence-corrected chi connectivity index (χ2v) is 9.11. The van der Waals surface area contributed by atoms with Gasteiger partial charge >= 0.3 is 6.18 Å². The molecule has 3 heterocycles. The number of rotatable bonds is 5. The minimum atomic E-state index is -4.88. The molecule has 176 valence electrons. The fourth-order valence-corrected chi connectivity index (χ4v) is 4.36. The first-order chi connectivity index (χ1) is 15.5. The first-order valence-corrected chi connectivity index (χ1v) is 11.5. The summed E-state index contributed by atoms with van der Waals surface area (Å²) < 4.78 is 70.6. The van der Waals surface area contributed by atoms with Crippen LogP contribution in [0.5, 0.6) is 0 Å². The molecule has 1 unspecified atom stereocenters. The van der Waals surface area contributed by atoms with Gasteiger partial charge in [0.25, 0.3) is 5.60 Å². The van der Waals surface area contributed by atoms with E-state index in [2.05, 4.69) is 10.1 Å². The second-order valence-electron chi connectivity index (χ2n) is 7.84. The molecule has 0 bridgehead atoms. The van der Waals surface area contributed by atoms with E-state index in [4.69, 9.17) is 16.4 Å². The molecule has 0 saturated carbocycles. The molecule has 1 atom stereocenters. The number of carbonyl (C=O) groups is 1. The summed E-state index contributed by atoms with van der Waals surface area (Å²) in [4.78, 5) is 22.2. The van der Waals surface area contributed by atoms with Crippen LogP contribution in [-0.2, 0) is 20.9 Å². The van der Waals surface area contributed by atoms with Crippen molar-refractivity contribution in [1.29, 1.82) is 0 Å². The molecule has 1 aromatic carbocycles. The Morgan fingerprint density at radius 1 is 1.27 bits per heavy atom. The number of pyridine rings is 1. The molecule has 1 fully saturated rings. The van der Waals surface area contributed by atoms with E-state index in [-0.39, 0.29) is 41.7 Å². The average molecular weight is 506 g/mol. The SMILES string of the molecule is CSCC(=O)N1CC(F)(c2ccc(C3=NOC(c4ccc(F)c(Cl)c4)(C(F)(F)F)C3)cn2)C1. The number of hydrogen-bond acceptors (Lipinski definition) is 5. The van der Waals surface area contributed by atoms with Gasteiger partial charge in [-0.05, 0) is 30.5 Å². The number of halogens is 6. The van der Waals surface area contributed by atoms with Crippen LogP contribution in [0.1, 0.15) is 23.2 Å². The highest BCUT2D eigenvalue weighted by Crippen LogP contribution is 2.49. The van der Waals surface area contributed by atoms with E-state index in [0.717, 1.165) is 18.2 Å². The van der Waals surface area contributed by atoms with Crippen LogP contribution >= 0.6 is 23.4 Å². The lowest BCUT2D eigenvalue weighted by molar-refractivity contribution is -0.275. The highest BCUT2D eigenvalue weighted by Gasteiger charge is 2.62. The van der Waals surface area contributed by atoms with Crippen LogP contribution in [0.15, 0.2) is 41.7 Å². The van der Waals surface area contributed by atoms with Gasteiger partial charge in [-0.3, -0.25) is 9.78 Å². The molecule has 2 aliphatic rings. The number of aromatic nitrogens is 1. The van der Waals surface area contributed by atoms with E-state index < -0.39 is 40.3 Å². The van der Waals surface area contributed by atoms with Crippen molar-refractivity contribution in [3.63, 3.8) is 0 Å². The van der Waals surface area contributed by atoms with Crippen molar-refractivity contribution in [2.75, 3.05) is 25.1 Å². The molecule has 5 nitrogen and oxygen atoms in total. The Morgan fingerprint density at radius 2 is 2.00 bits per heavy atom. The number of hydrogen-bond donors (Lipinski definition) is 0. The molecular weight excluding hydrogens is 489 g/mol. The lowest BCUT2D eigenvalue weighted by Gasteiger charge is -2.43. The summed E-state index contributed by atoms with van der Waals surface area (Å²) in [6.07, 6.45) is -2.59. The molecule has 0 aliphatic carbocycles. The van der Waals surface area contributed by atoms with E-state index >= 15 is 4.39 Å². The topological polar surface area (TPSA) is 54.8 Å². The molecule has 0 spiro atoms. The molecule has 4 rings (SSSR count). The minimum absolute atomic E-state index is 0.0508. The van der Waals surface area contributed by atoms with Crippen LogP contribution in [0, 0.1) is 5.82 Å². The van der Waals surface area contributed by atoms with Gasteiger partial charge < -0.3 is 9.74 Å². The number of amides is 1. The third kappa shape index (κ3) is 4.16. The van der Waals surface area contributed by atoms with Gasteiger partial charge in [0.05, 0.1) is 41.7 Å². The third-order valence-corrected chi connectivity index (χ3v) is 6.46. The van der Waals surface area contributed by atoms with Crippen LogP contribution in [0.25, 0.3) is 0 Å². The Hall–Kier alpha value is -2.40. The highest BCUT2D eigenvalue weighted by molar-refractivity contribution is 7.99. The zero-order valence-corrected chi connectivity index (χ0v) is 18.7. The van der Waals surface area contributed by atoms with Gasteiger partial charge in [0, 0.05) is 17.3 Å². The van der Waals surface area contributed by atoms with Crippen molar-refractivity contribution in [3.05, 3.63) is 64.2 Å². The van der Waals surface area contributed by atoms with E-state index in [0.29, 0.717) is 0 Å². The van der Waals surface area contributed by atoms with Crippen LogP contribution in [-0.4, -0.2) is 52.8 Å². The largest absolute Gasteiger partial charge is 0.435 e. The number of likely N-dealkylation sites (tertiary alicyclic amines) is 1. The quantitative estimate of drug-likeness (QED) is 0.546. The smallest absolute Gasteiger partial charge is 0.374 e. The van der Waals surface area contributed by atoms with Gasteiger partial charge in [0.2, 0.25) is 5.91 Å². The van der Waals surface area contributed by atoms with Crippen LogP contribution in [0.3, 0.4) is 0 Å². The molecular formula is C21H17ClF5N3O2S. The summed E-state index contributed by atoms with van der Waals surface area (Å²) in [5.41, 5.74) is -4.81. The third-order valence-electron chi connectivity index (χ3n) is 5.63. The molecule has 1 amide bonds. The number of oxime groups is 1. The monoisotopic (exact) mass is 505 g/mol. The molecule has 12 heteroatoms. The van der Waals surface area contributed by atoms with Crippen molar-refractivity contribution in [1.82, 2.24) is 9.88 Å². The summed E-state index contributed by atoms with van der Waals surface area (Å²) in [7, 11) is 0. The van der Waals surface area contributed by atoms with E-state index in [1.54, 1.807) is 6.26 Å². The Kier molecular flexibility index (Phi) is 6.06. The zero-order chi connectivity index (χ0) is 24.0. The minimum Gasteiger partial charge on any atom is -0.374 e. The first-order valence-electron chi connectivity index (χ1n) is 9.69. The van der Waals surface area contributed by atoms with Gasteiger partial charge in [0.1, 0.15) is 5.82 Å². The van der Waals surface area contributed by atoms with Crippen molar-refractivity contribution in [2.24, 2.45) is 5.16 Å². The molecule has 0 radical (unpaired) electrons. The molecule has 1 saturated heterocycles. The number of thioether (sulfide) groups is 1. The van der Waals surface area contributed by atoms with Crippen LogP contribution in [0.2, 0.25) is 5.02 Å². The fraction of sp³-hybridized carbons (Fsp3) is 0.381. The van der Waals surface area contributed by atoms with Crippen LogP contribution < -0.4 is 0 Å². The lowest BCUT2D eigenvalue weighted by Crippen LogP contribution is -2.59. The molecule has 2 aromatic rings. The molecule has 0 N–H and O–H groups in total. The van der Waals surface area contributed by atoms with Gasteiger partial charge in [0.15, 0.2) is 5.67 Å². The predicted molar refractivity (Wildman–Crippen MR) is 113 cm³/mol. The normalized spacial score (nSPS) is 21.9. The first kappa shape index (κ1) is 23.7. The Labute approximate surface area is 194 Å². The standard InChI is InChI=1S/C21H17ClF5N3O2S/c1-33-9-18(31)30-10-19(24,11-30)17-5-2-12(8-28-17)16-7-20(32-29-16,21(25,26)27)13-3-4-15(23)14(22)6-13/h2-6,8H,7,9-11H2,1H3. The van der Waals surface area contributed by atoms with E-state index in [9.17, 15) is 22.4 Å². The summed E-state index contributed by atoms with van der Waals surface area (Å²) in [5.74, 6) is -0.779. The van der Waals surface area contributed by atoms with Crippen molar-refractivity contribution >= 4 is 35.0 Å². The maximum Gasteiger partial charge on any atom is 0.435 e. The summed E-state index contributed by atoms with van der Waals surface area (Å²) in [5, 5.41) is 3.13. The van der Waals surface area contributed by atoms with Gasteiger partial charge in [-0.15, -0.1) is 0 Å². The Balaban J connectivity index is 1.53. The van der Waals surface area contributed by atoms with Gasteiger partial charge in [-0.2, -0.15) is 24.9 Å². The zero-order valence-electron chi connectivity index (χ0n) is 17.1. The molecule has 1 aromatic heterocycles. The lowest BCUT2D eigenvalue weighted by atomic mass is 9.86. The van der Waals surface area contributed by atoms with Crippen molar-refractivity contribution in [3.8, 4) is 0 Å². The Bertz CT molecular complexity index is 1110.